The van der Waals surface area contributed by atoms with Gasteiger partial charge in [-0.05, 0) is 11.6 Å². The van der Waals surface area contributed by atoms with E-state index >= 15 is 0 Å². The third-order valence-electron chi connectivity index (χ3n) is 2.35. The van der Waals surface area contributed by atoms with Gasteiger partial charge >= 0.3 is 0 Å². The Morgan fingerprint density at radius 3 is 2.88 bits per heavy atom. The molecule has 2 aromatic rings. The Hall–Kier alpha value is -1.26. The molecule has 0 spiro atoms. The van der Waals surface area contributed by atoms with Crippen molar-refractivity contribution in [1.82, 2.24) is 15.3 Å². The lowest BCUT2D eigenvalue weighted by atomic mass is 10.2. The molecule has 2 N–H and O–H groups in total. The lowest BCUT2D eigenvalue weighted by Gasteiger charge is -2.11. The second-order valence-corrected chi connectivity index (χ2v) is 5.17. The number of nitrogens with zero attached hydrogens (tertiary/aromatic N) is 1. The van der Waals surface area contributed by atoms with Gasteiger partial charge in [0, 0.05) is 29.9 Å². The second-order valence-electron chi connectivity index (χ2n) is 4.14. The summed E-state index contributed by atoms with van der Waals surface area (Å²) in [5, 5.41) is 4.37. The van der Waals surface area contributed by atoms with E-state index in [9.17, 15) is 0 Å². The van der Waals surface area contributed by atoms with Crippen molar-refractivity contribution in [2.75, 3.05) is 0 Å². The quantitative estimate of drug-likeness (QED) is 0.853. The van der Waals surface area contributed by atoms with E-state index in [0.717, 1.165) is 11.7 Å². The molecule has 0 aliphatic carbocycles. The van der Waals surface area contributed by atoms with E-state index in [4.69, 9.17) is 0 Å². The molecule has 90 valence electrons. The molecule has 0 saturated carbocycles. The smallest absolute Gasteiger partial charge is 0.170 e. The van der Waals surface area contributed by atoms with Gasteiger partial charge in [0.05, 0.1) is 0 Å². The SMILES string of the molecule is CC(C)NCc1ccccc1Sc1ncc[nH]1. The van der Waals surface area contributed by atoms with Crippen LogP contribution in [0.15, 0.2) is 46.7 Å². The van der Waals surface area contributed by atoms with Gasteiger partial charge < -0.3 is 10.3 Å². The van der Waals surface area contributed by atoms with E-state index in [1.165, 1.54) is 10.5 Å². The fourth-order valence-corrected chi connectivity index (χ4v) is 2.34. The lowest BCUT2D eigenvalue weighted by molar-refractivity contribution is 0.584. The number of aromatic nitrogens is 2. The van der Waals surface area contributed by atoms with Crippen molar-refractivity contribution >= 4 is 11.8 Å². The summed E-state index contributed by atoms with van der Waals surface area (Å²) < 4.78 is 0. The maximum absolute atomic E-state index is 4.23. The number of H-pyrrole nitrogens is 1. The zero-order chi connectivity index (χ0) is 12.1. The molecular formula is C13H17N3S. The van der Waals surface area contributed by atoms with Crippen LogP contribution in [-0.2, 0) is 6.54 Å². The Morgan fingerprint density at radius 1 is 1.35 bits per heavy atom. The van der Waals surface area contributed by atoms with Crippen molar-refractivity contribution < 1.29 is 0 Å². The fraction of sp³-hybridized carbons (Fsp3) is 0.308. The minimum atomic E-state index is 0.497. The molecule has 17 heavy (non-hydrogen) atoms. The van der Waals surface area contributed by atoms with Crippen LogP contribution >= 0.6 is 11.8 Å². The van der Waals surface area contributed by atoms with Gasteiger partial charge in [0.2, 0.25) is 0 Å². The van der Waals surface area contributed by atoms with Crippen LogP contribution in [0.3, 0.4) is 0 Å². The molecule has 4 heteroatoms. The second kappa shape index (κ2) is 5.89. The zero-order valence-corrected chi connectivity index (χ0v) is 10.9. The molecule has 0 saturated heterocycles. The normalized spacial score (nSPS) is 11.0. The summed E-state index contributed by atoms with van der Waals surface area (Å²) in [5.41, 5.74) is 1.31. The van der Waals surface area contributed by atoms with Crippen molar-refractivity contribution in [3.63, 3.8) is 0 Å². The molecule has 0 atom stereocenters. The van der Waals surface area contributed by atoms with Crippen molar-refractivity contribution in [3.05, 3.63) is 42.2 Å². The maximum Gasteiger partial charge on any atom is 0.170 e. The summed E-state index contributed by atoms with van der Waals surface area (Å²) in [6.07, 6.45) is 3.62. The standard InChI is InChI=1S/C13H17N3S/c1-10(2)16-9-11-5-3-4-6-12(11)17-13-14-7-8-15-13/h3-8,10,16H,9H2,1-2H3,(H,14,15). The van der Waals surface area contributed by atoms with E-state index < -0.39 is 0 Å². The molecule has 0 fully saturated rings. The van der Waals surface area contributed by atoms with E-state index in [1.807, 2.05) is 6.20 Å². The monoisotopic (exact) mass is 247 g/mol. The third-order valence-corrected chi connectivity index (χ3v) is 3.39. The topological polar surface area (TPSA) is 40.7 Å². The van der Waals surface area contributed by atoms with Crippen LogP contribution in [0.25, 0.3) is 0 Å². The first kappa shape index (κ1) is 12.2. The van der Waals surface area contributed by atoms with E-state index in [-0.39, 0.29) is 0 Å². The minimum absolute atomic E-state index is 0.497. The first-order valence-corrected chi connectivity index (χ1v) is 6.56. The Kier molecular flexibility index (Phi) is 4.23. The van der Waals surface area contributed by atoms with Gasteiger partial charge in [-0.3, -0.25) is 0 Å². The Bertz CT molecular complexity index is 451. The molecule has 0 radical (unpaired) electrons. The Balaban J connectivity index is 2.10. The average Bonchev–Trinajstić information content (AvgIpc) is 2.80. The summed E-state index contributed by atoms with van der Waals surface area (Å²) in [7, 11) is 0. The highest BCUT2D eigenvalue weighted by molar-refractivity contribution is 7.99. The predicted octanol–water partition coefficient (Wildman–Crippen LogP) is 3.06. The van der Waals surface area contributed by atoms with E-state index in [0.29, 0.717) is 6.04 Å². The van der Waals surface area contributed by atoms with Crippen molar-refractivity contribution in [3.8, 4) is 0 Å². The molecule has 3 nitrogen and oxygen atoms in total. The lowest BCUT2D eigenvalue weighted by Crippen LogP contribution is -2.22. The van der Waals surface area contributed by atoms with Crippen LogP contribution in [0.1, 0.15) is 19.4 Å². The molecule has 0 aliphatic rings. The average molecular weight is 247 g/mol. The van der Waals surface area contributed by atoms with Crippen LogP contribution in [0.4, 0.5) is 0 Å². The Labute approximate surface area is 106 Å². The van der Waals surface area contributed by atoms with Gasteiger partial charge in [0.25, 0.3) is 0 Å². The molecule has 0 bridgehead atoms. The Morgan fingerprint density at radius 2 is 2.18 bits per heavy atom. The van der Waals surface area contributed by atoms with Gasteiger partial charge in [-0.2, -0.15) is 0 Å². The van der Waals surface area contributed by atoms with Crippen LogP contribution in [0.5, 0.6) is 0 Å². The summed E-state index contributed by atoms with van der Waals surface area (Å²) in [5.74, 6) is 0. The summed E-state index contributed by atoms with van der Waals surface area (Å²) in [6, 6.07) is 8.91. The molecule has 1 heterocycles. The number of nitrogens with one attached hydrogen (secondary N) is 2. The molecule has 1 aromatic carbocycles. The molecule has 2 rings (SSSR count). The van der Waals surface area contributed by atoms with Crippen LogP contribution < -0.4 is 5.32 Å². The maximum atomic E-state index is 4.23. The highest BCUT2D eigenvalue weighted by Crippen LogP contribution is 2.27. The highest BCUT2D eigenvalue weighted by Gasteiger charge is 2.05. The highest BCUT2D eigenvalue weighted by atomic mass is 32.2. The first-order valence-electron chi connectivity index (χ1n) is 5.74. The number of aromatic amines is 1. The fourth-order valence-electron chi connectivity index (χ4n) is 1.47. The van der Waals surface area contributed by atoms with Crippen LogP contribution in [-0.4, -0.2) is 16.0 Å². The summed E-state index contributed by atoms with van der Waals surface area (Å²) in [6.45, 7) is 5.20. The van der Waals surface area contributed by atoms with Gasteiger partial charge in [0.15, 0.2) is 5.16 Å². The summed E-state index contributed by atoms with van der Waals surface area (Å²) in [4.78, 5) is 8.59. The van der Waals surface area contributed by atoms with Crippen molar-refractivity contribution in [2.45, 2.75) is 36.5 Å². The number of imidazole rings is 1. The van der Waals surface area contributed by atoms with Gasteiger partial charge in [0.1, 0.15) is 0 Å². The third kappa shape index (κ3) is 3.61. The minimum Gasteiger partial charge on any atom is -0.339 e. The largest absolute Gasteiger partial charge is 0.339 e. The predicted molar refractivity (Wildman–Crippen MR) is 71.1 cm³/mol. The van der Waals surface area contributed by atoms with Gasteiger partial charge in [-0.15, -0.1) is 0 Å². The van der Waals surface area contributed by atoms with Gasteiger partial charge in [-0.1, -0.05) is 43.8 Å². The van der Waals surface area contributed by atoms with E-state index in [1.54, 1.807) is 18.0 Å². The van der Waals surface area contributed by atoms with Crippen molar-refractivity contribution in [2.24, 2.45) is 0 Å². The first-order chi connectivity index (χ1) is 8.25. The van der Waals surface area contributed by atoms with Crippen LogP contribution in [0.2, 0.25) is 0 Å². The summed E-state index contributed by atoms with van der Waals surface area (Å²) >= 11 is 1.67. The molecule has 0 unspecified atom stereocenters. The van der Waals surface area contributed by atoms with Crippen molar-refractivity contribution in [1.29, 1.82) is 0 Å². The van der Waals surface area contributed by atoms with Gasteiger partial charge in [-0.25, -0.2) is 4.98 Å². The zero-order valence-electron chi connectivity index (χ0n) is 10.1. The van der Waals surface area contributed by atoms with E-state index in [2.05, 4.69) is 53.4 Å². The molecule has 1 aromatic heterocycles. The number of benzene rings is 1. The number of hydrogen-bond acceptors (Lipinski definition) is 3. The molecular weight excluding hydrogens is 230 g/mol. The molecule has 0 amide bonds. The number of rotatable bonds is 5. The molecule has 0 aliphatic heterocycles. The van der Waals surface area contributed by atoms with Crippen LogP contribution in [0, 0.1) is 0 Å². The number of hydrogen-bond donors (Lipinski definition) is 2.